The lowest BCUT2D eigenvalue weighted by molar-refractivity contribution is -0.125. The minimum absolute atomic E-state index is 0.0557. The smallest absolute Gasteiger partial charge is 0.243 e. The number of amides is 2. The molecule has 0 radical (unpaired) electrons. The lowest BCUT2D eigenvalue weighted by Crippen LogP contribution is -2.36. The van der Waals surface area contributed by atoms with Gasteiger partial charge >= 0.3 is 0 Å². The summed E-state index contributed by atoms with van der Waals surface area (Å²) < 4.78 is 11.5. The molecule has 0 unspecified atom stereocenters. The van der Waals surface area contributed by atoms with Gasteiger partial charge in [0, 0.05) is 30.6 Å². The lowest BCUT2D eigenvalue weighted by Gasteiger charge is -2.22. The number of fused-ring (bicyclic) bond motifs is 2. The maximum absolute atomic E-state index is 13.2. The Bertz CT molecular complexity index is 938. The molecule has 1 N–H and O–H groups in total. The first kappa shape index (κ1) is 21.2. The summed E-state index contributed by atoms with van der Waals surface area (Å²) in [6, 6.07) is 9.41. The van der Waals surface area contributed by atoms with Crippen molar-refractivity contribution >= 4 is 17.5 Å². The van der Waals surface area contributed by atoms with E-state index in [4.69, 9.17) is 9.47 Å². The first-order valence-electron chi connectivity index (χ1n) is 11.0. The first-order valence-corrected chi connectivity index (χ1v) is 11.0. The third-order valence-corrected chi connectivity index (χ3v) is 5.94. The number of hydrogen-bond acceptors (Lipinski definition) is 5. The molecule has 7 nitrogen and oxygen atoms in total. The summed E-state index contributed by atoms with van der Waals surface area (Å²) in [4.78, 5) is 31.6. The van der Waals surface area contributed by atoms with Crippen molar-refractivity contribution in [1.82, 2.24) is 10.3 Å². The van der Waals surface area contributed by atoms with E-state index in [1.54, 1.807) is 24.3 Å². The number of carbonyl (C=O) groups is 2. The van der Waals surface area contributed by atoms with Crippen LogP contribution in [0.5, 0.6) is 17.4 Å². The third-order valence-electron chi connectivity index (χ3n) is 5.94. The summed E-state index contributed by atoms with van der Waals surface area (Å²) in [5.41, 5.74) is 1.42. The summed E-state index contributed by atoms with van der Waals surface area (Å²) in [5.74, 6) is 1.31. The number of ether oxygens (including phenoxy) is 2. The summed E-state index contributed by atoms with van der Waals surface area (Å²) in [7, 11) is 1.58. The van der Waals surface area contributed by atoms with Gasteiger partial charge in [0.15, 0.2) is 11.5 Å². The Kier molecular flexibility index (Phi) is 6.70. The third kappa shape index (κ3) is 4.98. The van der Waals surface area contributed by atoms with Crippen molar-refractivity contribution in [2.24, 2.45) is 0 Å². The Morgan fingerprint density at radius 1 is 1.13 bits per heavy atom. The fraction of sp³-hybridized carbons (Fsp3) is 0.458. The van der Waals surface area contributed by atoms with Crippen LogP contribution in [-0.2, 0) is 16.1 Å². The normalized spacial score (nSPS) is 16.2. The van der Waals surface area contributed by atoms with E-state index in [1.165, 1.54) is 12.8 Å². The van der Waals surface area contributed by atoms with E-state index in [0.29, 0.717) is 29.6 Å². The maximum Gasteiger partial charge on any atom is 0.243 e. The average Bonchev–Trinajstić information content (AvgIpc) is 3.14. The number of hydrogen-bond donors (Lipinski definition) is 1. The highest BCUT2D eigenvalue weighted by Crippen LogP contribution is 2.42. The Morgan fingerprint density at radius 3 is 2.71 bits per heavy atom. The van der Waals surface area contributed by atoms with Gasteiger partial charge in [-0.3, -0.25) is 9.59 Å². The second-order valence-corrected chi connectivity index (χ2v) is 8.11. The number of carbonyl (C=O) groups excluding carboxylic acids is 2. The largest absolute Gasteiger partial charge is 0.493 e. The number of nitrogens with zero attached hydrogens (tertiary/aromatic N) is 2. The van der Waals surface area contributed by atoms with Gasteiger partial charge in [0.2, 0.25) is 17.7 Å². The highest BCUT2D eigenvalue weighted by molar-refractivity contribution is 5.96. The molecule has 0 saturated heterocycles. The van der Waals surface area contributed by atoms with E-state index < -0.39 is 0 Å². The molecule has 1 fully saturated rings. The summed E-state index contributed by atoms with van der Waals surface area (Å²) in [6.07, 6.45) is 8.78. The molecule has 1 aromatic carbocycles. The topological polar surface area (TPSA) is 80.8 Å². The first-order chi connectivity index (χ1) is 15.2. The molecular formula is C24H29N3O4. The minimum atomic E-state index is -0.135. The standard InChI is InChI=1S/C24H29N3O4/c1-30-20-12-6-8-17-16-27(19-11-7-15-25-24(19)31-23(17)20)22(29)14-13-21(28)26-18-9-4-2-3-5-10-18/h6-8,11-12,15,18H,2-5,9-10,13-14,16H2,1H3,(H,26,28). The molecule has 1 aliphatic heterocycles. The van der Waals surface area contributed by atoms with Crippen molar-refractivity contribution in [2.45, 2.75) is 64.0 Å². The predicted octanol–water partition coefficient (Wildman–Crippen LogP) is 4.35. The van der Waals surface area contributed by atoms with E-state index in [2.05, 4.69) is 10.3 Å². The molecule has 0 spiro atoms. The van der Waals surface area contributed by atoms with Crippen molar-refractivity contribution < 1.29 is 19.1 Å². The molecule has 4 rings (SSSR count). The van der Waals surface area contributed by atoms with Gasteiger partial charge in [0.25, 0.3) is 0 Å². The van der Waals surface area contributed by atoms with E-state index in [9.17, 15) is 9.59 Å². The van der Waals surface area contributed by atoms with E-state index in [0.717, 1.165) is 31.2 Å². The van der Waals surface area contributed by atoms with Crippen molar-refractivity contribution in [3.05, 3.63) is 42.1 Å². The zero-order chi connectivity index (χ0) is 21.6. The van der Waals surface area contributed by atoms with Crippen LogP contribution >= 0.6 is 0 Å². The number of rotatable bonds is 5. The van der Waals surface area contributed by atoms with E-state index in [1.807, 2.05) is 24.3 Å². The van der Waals surface area contributed by atoms with Crippen LogP contribution in [0.4, 0.5) is 5.69 Å². The summed E-state index contributed by atoms with van der Waals surface area (Å²) in [6.45, 7) is 0.328. The van der Waals surface area contributed by atoms with Crippen LogP contribution in [0.2, 0.25) is 0 Å². The molecule has 7 heteroatoms. The fourth-order valence-electron chi connectivity index (χ4n) is 4.28. The molecule has 1 saturated carbocycles. The van der Waals surface area contributed by atoms with Crippen LogP contribution in [0.3, 0.4) is 0 Å². The summed E-state index contributed by atoms with van der Waals surface area (Å²) in [5, 5.41) is 3.12. The molecule has 2 amide bonds. The number of pyridine rings is 1. The minimum Gasteiger partial charge on any atom is -0.493 e. The highest BCUT2D eigenvalue weighted by atomic mass is 16.5. The van der Waals surface area contributed by atoms with Crippen LogP contribution in [0.15, 0.2) is 36.5 Å². The van der Waals surface area contributed by atoms with Gasteiger partial charge in [-0.25, -0.2) is 4.98 Å². The Balaban J connectivity index is 1.47. The van der Waals surface area contributed by atoms with Crippen LogP contribution in [0.1, 0.15) is 56.9 Å². The van der Waals surface area contributed by atoms with Crippen molar-refractivity contribution in [3.63, 3.8) is 0 Å². The molecule has 0 bridgehead atoms. The second-order valence-electron chi connectivity index (χ2n) is 8.11. The van der Waals surface area contributed by atoms with Crippen molar-refractivity contribution in [1.29, 1.82) is 0 Å². The van der Waals surface area contributed by atoms with Gasteiger partial charge in [-0.2, -0.15) is 0 Å². The van der Waals surface area contributed by atoms with Gasteiger partial charge in [0.1, 0.15) is 5.69 Å². The Hall–Kier alpha value is -3.09. The SMILES string of the molecule is COc1cccc2c1Oc1ncccc1N(C(=O)CCC(=O)NC1CCCCCC1)C2. The van der Waals surface area contributed by atoms with Crippen molar-refractivity contribution in [2.75, 3.05) is 12.0 Å². The highest BCUT2D eigenvalue weighted by Gasteiger charge is 2.28. The van der Waals surface area contributed by atoms with E-state index in [-0.39, 0.29) is 30.7 Å². The van der Waals surface area contributed by atoms with Gasteiger partial charge in [-0.1, -0.05) is 37.8 Å². The Morgan fingerprint density at radius 2 is 1.94 bits per heavy atom. The fourth-order valence-corrected chi connectivity index (χ4v) is 4.28. The number of para-hydroxylation sites is 1. The van der Waals surface area contributed by atoms with Gasteiger partial charge in [-0.15, -0.1) is 0 Å². The number of methoxy groups -OCH3 is 1. The van der Waals surface area contributed by atoms with Crippen LogP contribution < -0.4 is 19.7 Å². The molecule has 31 heavy (non-hydrogen) atoms. The van der Waals surface area contributed by atoms with Gasteiger partial charge < -0.3 is 19.7 Å². The second kappa shape index (κ2) is 9.81. The molecule has 1 aromatic heterocycles. The molecule has 2 heterocycles. The number of aromatic nitrogens is 1. The number of benzene rings is 1. The van der Waals surface area contributed by atoms with Gasteiger partial charge in [0.05, 0.1) is 13.7 Å². The van der Waals surface area contributed by atoms with Crippen LogP contribution in [0, 0.1) is 0 Å². The van der Waals surface area contributed by atoms with Crippen molar-refractivity contribution in [3.8, 4) is 17.4 Å². The molecule has 2 aliphatic rings. The number of anilines is 1. The molecule has 1 aliphatic carbocycles. The monoisotopic (exact) mass is 423 g/mol. The Labute approximate surface area is 182 Å². The summed E-state index contributed by atoms with van der Waals surface area (Å²) >= 11 is 0. The quantitative estimate of drug-likeness (QED) is 0.723. The maximum atomic E-state index is 13.2. The molecular weight excluding hydrogens is 394 g/mol. The molecule has 2 aromatic rings. The van der Waals surface area contributed by atoms with Crippen LogP contribution in [0.25, 0.3) is 0 Å². The van der Waals surface area contributed by atoms with Gasteiger partial charge in [-0.05, 0) is 31.0 Å². The lowest BCUT2D eigenvalue weighted by atomic mass is 10.1. The molecule has 0 atom stereocenters. The zero-order valence-corrected chi connectivity index (χ0v) is 17.9. The zero-order valence-electron chi connectivity index (χ0n) is 17.9. The number of nitrogens with one attached hydrogen (secondary N) is 1. The average molecular weight is 424 g/mol. The van der Waals surface area contributed by atoms with Crippen LogP contribution in [-0.4, -0.2) is 29.9 Å². The molecule has 164 valence electrons. The predicted molar refractivity (Wildman–Crippen MR) is 117 cm³/mol. The van der Waals surface area contributed by atoms with E-state index >= 15 is 0 Å².